The Labute approximate surface area is 524 Å². The molecular formula is C67H130O17P2. The van der Waals surface area contributed by atoms with Gasteiger partial charge in [0.15, 0.2) is 12.2 Å². The van der Waals surface area contributed by atoms with E-state index in [0.717, 1.165) is 120 Å². The first kappa shape index (κ1) is 84.1. The number of phosphoric acid groups is 2. The van der Waals surface area contributed by atoms with Crippen LogP contribution in [0.2, 0.25) is 0 Å². The highest BCUT2D eigenvalue weighted by molar-refractivity contribution is 7.47. The average Bonchev–Trinajstić information content (AvgIpc) is 3.66. The summed E-state index contributed by atoms with van der Waals surface area (Å²) in [7, 11) is -9.90. The van der Waals surface area contributed by atoms with Gasteiger partial charge in [0, 0.05) is 25.7 Å². The van der Waals surface area contributed by atoms with Crippen molar-refractivity contribution in [3.8, 4) is 0 Å². The molecule has 0 aromatic carbocycles. The zero-order chi connectivity index (χ0) is 63.9. The first-order valence-corrected chi connectivity index (χ1v) is 37.7. The molecule has 0 aromatic heterocycles. The van der Waals surface area contributed by atoms with E-state index in [1.807, 2.05) is 0 Å². The first-order valence-electron chi connectivity index (χ1n) is 34.7. The number of hydrogen-bond donors (Lipinski definition) is 3. The van der Waals surface area contributed by atoms with Crippen LogP contribution in [-0.2, 0) is 65.4 Å². The Bertz CT molecular complexity index is 1720. The summed E-state index contributed by atoms with van der Waals surface area (Å²) in [6.45, 7) is 14.0. The predicted octanol–water partition coefficient (Wildman–Crippen LogP) is 18.5. The first-order chi connectivity index (χ1) is 41.1. The molecule has 0 saturated carbocycles. The second-order valence-electron chi connectivity index (χ2n) is 25.9. The van der Waals surface area contributed by atoms with Crippen LogP contribution >= 0.6 is 15.6 Å². The van der Waals surface area contributed by atoms with Gasteiger partial charge in [0.25, 0.3) is 0 Å². The molecule has 17 nitrogen and oxygen atoms in total. The van der Waals surface area contributed by atoms with Crippen LogP contribution in [0.3, 0.4) is 0 Å². The van der Waals surface area contributed by atoms with E-state index >= 15 is 0 Å². The molecule has 510 valence electrons. The summed E-state index contributed by atoms with van der Waals surface area (Å²) < 4.78 is 68.1. The lowest BCUT2D eigenvalue weighted by atomic mass is 10.00. The number of unbranched alkanes of at least 4 members (excludes halogenated alkanes) is 29. The van der Waals surface area contributed by atoms with Gasteiger partial charge in [-0.15, -0.1) is 0 Å². The van der Waals surface area contributed by atoms with Gasteiger partial charge in [-0.3, -0.25) is 37.3 Å². The zero-order valence-electron chi connectivity index (χ0n) is 55.9. The molecule has 0 aliphatic heterocycles. The molecule has 19 heteroatoms. The van der Waals surface area contributed by atoms with Gasteiger partial charge in [-0.1, -0.05) is 274 Å². The van der Waals surface area contributed by atoms with Crippen molar-refractivity contribution in [1.29, 1.82) is 0 Å². The SMILES string of the molecule is CCC(C)CCCCCCCCC(=O)OC[C@H](COP(=O)(O)OCC(O)COP(=O)(O)OC[C@@H](COC(=O)CCCCCCCCCCC(C)C)OC(=O)CCCCCCCCCCC(C)C)OC(=O)CCCCCCCCCCCCCC(C)C. The Balaban J connectivity index is 5.26. The largest absolute Gasteiger partial charge is 0.472 e. The summed E-state index contributed by atoms with van der Waals surface area (Å²) in [6, 6.07) is 0. The Hall–Kier alpha value is -1.94. The molecule has 3 N–H and O–H groups in total. The van der Waals surface area contributed by atoms with Gasteiger partial charge in [0.1, 0.15) is 19.3 Å². The van der Waals surface area contributed by atoms with Crippen LogP contribution in [0.5, 0.6) is 0 Å². The van der Waals surface area contributed by atoms with E-state index in [1.54, 1.807) is 0 Å². The molecule has 6 atom stereocenters. The van der Waals surface area contributed by atoms with E-state index in [1.165, 1.54) is 122 Å². The van der Waals surface area contributed by atoms with Crippen molar-refractivity contribution in [2.45, 2.75) is 343 Å². The Morgan fingerprint density at radius 1 is 0.326 bits per heavy atom. The van der Waals surface area contributed by atoms with Crippen molar-refractivity contribution in [2.75, 3.05) is 39.6 Å². The van der Waals surface area contributed by atoms with Gasteiger partial charge in [0.2, 0.25) is 0 Å². The topological polar surface area (TPSA) is 237 Å². The Morgan fingerprint density at radius 2 is 0.558 bits per heavy atom. The molecule has 0 aliphatic rings. The number of carbonyl (C=O) groups excluding carboxylic acids is 4. The minimum Gasteiger partial charge on any atom is -0.462 e. The van der Waals surface area contributed by atoms with Crippen LogP contribution in [0, 0.1) is 23.7 Å². The lowest BCUT2D eigenvalue weighted by molar-refractivity contribution is -0.161. The predicted molar refractivity (Wildman–Crippen MR) is 344 cm³/mol. The second kappa shape index (κ2) is 57.0. The Morgan fingerprint density at radius 3 is 0.826 bits per heavy atom. The van der Waals surface area contributed by atoms with E-state index in [0.29, 0.717) is 25.7 Å². The smallest absolute Gasteiger partial charge is 0.462 e. The summed E-state index contributed by atoms with van der Waals surface area (Å²) in [6.07, 6.45) is 37.6. The molecule has 0 bridgehead atoms. The second-order valence-corrected chi connectivity index (χ2v) is 28.8. The normalized spacial score (nSPS) is 14.7. The van der Waals surface area contributed by atoms with Crippen LogP contribution < -0.4 is 0 Å². The third-order valence-electron chi connectivity index (χ3n) is 15.7. The number of carbonyl (C=O) groups is 4. The molecule has 0 heterocycles. The third-order valence-corrected chi connectivity index (χ3v) is 17.6. The third kappa shape index (κ3) is 59.7. The summed E-state index contributed by atoms with van der Waals surface area (Å²) >= 11 is 0. The highest BCUT2D eigenvalue weighted by Crippen LogP contribution is 2.45. The summed E-state index contributed by atoms with van der Waals surface area (Å²) in [5.74, 6) is 0.805. The fraction of sp³-hybridized carbons (Fsp3) is 0.940. The number of aliphatic hydroxyl groups is 1. The minimum atomic E-state index is -4.95. The molecular weight excluding hydrogens is 1140 g/mol. The molecule has 0 amide bonds. The average molecular weight is 1270 g/mol. The molecule has 0 saturated heterocycles. The van der Waals surface area contributed by atoms with E-state index in [2.05, 4.69) is 55.4 Å². The van der Waals surface area contributed by atoms with Gasteiger partial charge in [-0.25, -0.2) is 9.13 Å². The molecule has 0 spiro atoms. The lowest BCUT2D eigenvalue weighted by Gasteiger charge is -2.21. The summed E-state index contributed by atoms with van der Waals surface area (Å²) in [5, 5.41) is 10.6. The number of hydrogen-bond acceptors (Lipinski definition) is 15. The van der Waals surface area contributed by atoms with Gasteiger partial charge in [-0.2, -0.15) is 0 Å². The van der Waals surface area contributed by atoms with Crippen LogP contribution in [0.25, 0.3) is 0 Å². The van der Waals surface area contributed by atoms with Gasteiger partial charge < -0.3 is 33.8 Å². The highest BCUT2D eigenvalue weighted by atomic mass is 31.2. The van der Waals surface area contributed by atoms with Crippen molar-refractivity contribution in [2.24, 2.45) is 23.7 Å². The van der Waals surface area contributed by atoms with Gasteiger partial charge in [0.05, 0.1) is 26.4 Å². The highest BCUT2D eigenvalue weighted by Gasteiger charge is 2.30. The molecule has 4 unspecified atom stereocenters. The Kier molecular flexibility index (Phi) is 55.7. The lowest BCUT2D eigenvalue weighted by Crippen LogP contribution is -2.30. The van der Waals surface area contributed by atoms with Crippen LogP contribution in [0.1, 0.15) is 325 Å². The molecule has 0 aliphatic carbocycles. The van der Waals surface area contributed by atoms with Crippen molar-refractivity contribution < 1.29 is 80.2 Å². The number of ether oxygens (including phenoxy) is 4. The monoisotopic (exact) mass is 1270 g/mol. The fourth-order valence-corrected chi connectivity index (χ4v) is 11.5. The van der Waals surface area contributed by atoms with Crippen LogP contribution in [0.4, 0.5) is 0 Å². The van der Waals surface area contributed by atoms with Gasteiger partial charge >= 0.3 is 39.5 Å². The number of rotatable bonds is 64. The number of esters is 4. The molecule has 0 fully saturated rings. The molecule has 0 aromatic rings. The van der Waals surface area contributed by atoms with E-state index in [4.69, 9.17) is 37.0 Å². The number of aliphatic hydroxyl groups excluding tert-OH is 1. The van der Waals surface area contributed by atoms with E-state index in [-0.39, 0.29) is 25.7 Å². The van der Waals surface area contributed by atoms with Crippen molar-refractivity contribution in [3.05, 3.63) is 0 Å². The van der Waals surface area contributed by atoms with Crippen molar-refractivity contribution in [1.82, 2.24) is 0 Å². The van der Waals surface area contributed by atoms with E-state index < -0.39 is 97.5 Å². The maximum absolute atomic E-state index is 13.0. The summed E-state index contributed by atoms with van der Waals surface area (Å²) in [5.41, 5.74) is 0. The quantitative estimate of drug-likeness (QED) is 0.0222. The van der Waals surface area contributed by atoms with Crippen molar-refractivity contribution in [3.63, 3.8) is 0 Å². The fourth-order valence-electron chi connectivity index (χ4n) is 9.93. The minimum absolute atomic E-state index is 0.103. The maximum Gasteiger partial charge on any atom is 0.472 e. The standard InChI is InChI=1S/C67H130O17P2/c1-9-60(8)46-38-30-25-26-32-40-48-65(70)78-54-63(83-66(71)49-41-33-23-14-12-10-11-13-19-27-35-43-57(2)3)56-82-86(75,76)80-52-61(68)51-79-85(73,74)81-55-62(84-67(72)50-42-34-24-18-16-21-29-37-45-59(6)7)53-77-64(69)47-39-31-22-17-15-20-28-36-44-58(4)5/h57-63,68H,9-56H2,1-8H3,(H,73,74)(H,75,76)/t60?,61?,62-,63-/m1/s1. The zero-order valence-corrected chi connectivity index (χ0v) is 57.7. The molecule has 0 rings (SSSR count). The summed E-state index contributed by atoms with van der Waals surface area (Å²) in [4.78, 5) is 72.4. The van der Waals surface area contributed by atoms with Crippen molar-refractivity contribution >= 4 is 39.5 Å². The molecule has 0 radical (unpaired) electrons. The van der Waals surface area contributed by atoms with Gasteiger partial charge in [-0.05, 0) is 49.4 Å². The van der Waals surface area contributed by atoms with Crippen LogP contribution in [-0.4, -0.2) is 96.7 Å². The number of phosphoric ester groups is 2. The molecule has 86 heavy (non-hydrogen) atoms. The van der Waals surface area contributed by atoms with Crippen LogP contribution in [0.15, 0.2) is 0 Å². The van der Waals surface area contributed by atoms with E-state index in [9.17, 15) is 43.2 Å². The maximum atomic E-state index is 13.0.